The first kappa shape index (κ1) is 22.4. The van der Waals surface area contributed by atoms with E-state index in [-0.39, 0.29) is 12.5 Å². The van der Waals surface area contributed by atoms with Gasteiger partial charge in [0.2, 0.25) is 0 Å². The summed E-state index contributed by atoms with van der Waals surface area (Å²) < 4.78 is 12.4. The Labute approximate surface area is 177 Å². The molecule has 10 nitrogen and oxygen atoms in total. The van der Waals surface area contributed by atoms with Crippen molar-refractivity contribution in [2.24, 2.45) is 5.92 Å². The van der Waals surface area contributed by atoms with Crippen molar-refractivity contribution in [2.45, 2.75) is 58.7 Å². The van der Waals surface area contributed by atoms with Gasteiger partial charge in [0.1, 0.15) is 11.3 Å². The first-order valence-electron chi connectivity index (χ1n) is 10.5. The van der Waals surface area contributed by atoms with Crippen molar-refractivity contribution in [1.29, 1.82) is 0 Å². The smallest absolute Gasteiger partial charge is 0.276 e. The molecule has 1 amide bonds. The summed E-state index contributed by atoms with van der Waals surface area (Å²) in [6, 6.07) is 0. The molecule has 2 aromatic rings. The minimum Gasteiger partial charge on any atom is -0.380 e. The highest BCUT2D eigenvalue weighted by Crippen LogP contribution is 2.35. The fourth-order valence-electron chi connectivity index (χ4n) is 4.05. The van der Waals surface area contributed by atoms with Crippen LogP contribution in [-0.2, 0) is 23.4 Å². The van der Waals surface area contributed by atoms with Gasteiger partial charge in [0.05, 0.1) is 12.2 Å². The minimum atomic E-state index is -0.464. The molecule has 3 heterocycles. The van der Waals surface area contributed by atoms with Crippen molar-refractivity contribution >= 4 is 5.91 Å². The second kappa shape index (κ2) is 9.22. The summed E-state index contributed by atoms with van der Waals surface area (Å²) in [5, 5.41) is 16.6. The van der Waals surface area contributed by atoms with Gasteiger partial charge in [-0.2, -0.15) is 0 Å². The molecule has 1 fully saturated rings. The van der Waals surface area contributed by atoms with Crippen molar-refractivity contribution in [3.63, 3.8) is 0 Å². The van der Waals surface area contributed by atoms with E-state index >= 15 is 0 Å². The molecule has 0 aromatic carbocycles. The molecule has 0 radical (unpaired) electrons. The fourth-order valence-corrected chi connectivity index (χ4v) is 4.05. The number of rotatable bonds is 8. The Morgan fingerprint density at radius 2 is 2.13 bits per heavy atom. The lowest BCUT2D eigenvalue weighted by atomic mass is 9.86. The molecule has 166 valence electrons. The highest BCUT2D eigenvalue weighted by molar-refractivity contribution is 5.94. The number of aryl methyl sites for hydroxylation is 2. The SMILES string of the molecule is COCc1c(C(=O)N2CCCC(c3nnnn3CCC(C)C)(N(C)C)C2)noc1C. The third kappa shape index (κ3) is 4.24. The van der Waals surface area contributed by atoms with E-state index in [1.807, 2.05) is 23.7 Å². The Bertz CT molecular complexity index is 860. The van der Waals surface area contributed by atoms with Gasteiger partial charge in [0.25, 0.3) is 5.91 Å². The number of hydrogen-bond donors (Lipinski definition) is 0. The van der Waals surface area contributed by atoms with Gasteiger partial charge in [-0.3, -0.25) is 9.69 Å². The average Bonchev–Trinajstić information content (AvgIpc) is 3.33. The van der Waals surface area contributed by atoms with Gasteiger partial charge in [-0.1, -0.05) is 19.0 Å². The molecule has 2 aromatic heterocycles. The number of amides is 1. The highest BCUT2D eigenvalue weighted by atomic mass is 16.5. The van der Waals surface area contributed by atoms with Crippen molar-refractivity contribution in [1.82, 2.24) is 35.2 Å². The van der Waals surface area contributed by atoms with Gasteiger partial charge in [0, 0.05) is 26.7 Å². The quantitative estimate of drug-likeness (QED) is 0.639. The van der Waals surface area contributed by atoms with E-state index in [4.69, 9.17) is 9.26 Å². The summed E-state index contributed by atoms with van der Waals surface area (Å²) in [7, 11) is 5.63. The van der Waals surface area contributed by atoms with Crippen LogP contribution in [0, 0.1) is 12.8 Å². The number of piperidine rings is 1. The number of hydrogen-bond acceptors (Lipinski definition) is 8. The van der Waals surface area contributed by atoms with Crippen molar-refractivity contribution in [3.05, 3.63) is 22.8 Å². The number of likely N-dealkylation sites (tertiary alicyclic amines) is 1. The van der Waals surface area contributed by atoms with Crippen molar-refractivity contribution in [3.8, 4) is 0 Å². The van der Waals surface area contributed by atoms with E-state index in [0.29, 0.717) is 36.0 Å². The van der Waals surface area contributed by atoms with Crippen LogP contribution in [0.25, 0.3) is 0 Å². The van der Waals surface area contributed by atoms with Crippen molar-refractivity contribution in [2.75, 3.05) is 34.3 Å². The molecular formula is C20H33N7O3. The van der Waals surface area contributed by atoms with E-state index in [1.165, 1.54) is 0 Å². The van der Waals surface area contributed by atoms with Crippen LogP contribution in [-0.4, -0.2) is 75.4 Å². The Morgan fingerprint density at radius 3 is 2.80 bits per heavy atom. The topological polar surface area (TPSA) is 102 Å². The van der Waals surface area contributed by atoms with Gasteiger partial charge < -0.3 is 14.2 Å². The maximum atomic E-state index is 13.4. The summed E-state index contributed by atoms with van der Waals surface area (Å²) in [4.78, 5) is 17.3. The number of carbonyl (C=O) groups is 1. The number of carbonyl (C=O) groups excluding carboxylic acids is 1. The zero-order chi connectivity index (χ0) is 21.9. The van der Waals surface area contributed by atoms with Crippen LogP contribution in [0.2, 0.25) is 0 Å². The summed E-state index contributed by atoms with van der Waals surface area (Å²) >= 11 is 0. The normalized spacial score (nSPS) is 19.8. The number of nitrogens with zero attached hydrogens (tertiary/aromatic N) is 7. The summed E-state index contributed by atoms with van der Waals surface area (Å²) in [6.45, 7) is 8.34. The third-order valence-corrected chi connectivity index (χ3v) is 5.96. The van der Waals surface area contributed by atoms with E-state index in [0.717, 1.165) is 31.6 Å². The summed E-state index contributed by atoms with van der Waals surface area (Å²) in [5.74, 6) is 1.82. The molecular weight excluding hydrogens is 386 g/mol. The lowest BCUT2D eigenvalue weighted by molar-refractivity contribution is 0.0249. The zero-order valence-electron chi connectivity index (χ0n) is 18.9. The van der Waals surface area contributed by atoms with Crippen LogP contribution in [0.1, 0.15) is 60.7 Å². The van der Waals surface area contributed by atoms with Crippen LogP contribution in [0.4, 0.5) is 0 Å². The summed E-state index contributed by atoms with van der Waals surface area (Å²) in [5.41, 5.74) is 0.558. The van der Waals surface area contributed by atoms with Gasteiger partial charge in [-0.25, -0.2) is 4.68 Å². The predicted molar refractivity (Wildman–Crippen MR) is 110 cm³/mol. The van der Waals surface area contributed by atoms with E-state index in [9.17, 15) is 4.79 Å². The number of methoxy groups -OCH3 is 1. The van der Waals surface area contributed by atoms with Crippen LogP contribution in [0.3, 0.4) is 0 Å². The Hall–Kier alpha value is -2.33. The zero-order valence-corrected chi connectivity index (χ0v) is 18.9. The minimum absolute atomic E-state index is 0.147. The van der Waals surface area contributed by atoms with E-state index < -0.39 is 5.54 Å². The molecule has 0 N–H and O–H groups in total. The molecule has 0 aliphatic carbocycles. The maximum absolute atomic E-state index is 13.4. The molecule has 3 rings (SSSR count). The molecule has 0 saturated carbocycles. The first-order chi connectivity index (χ1) is 14.3. The lowest BCUT2D eigenvalue weighted by Gasteiger charge is -2.45. The number of likely N-dealkylation sites (N-methyl/N-ethyl adjacent to an activating group) is 1. The Morgan fingerprint density at radius 1 is 1.37 bits per heavy atom. The standard InChI is InChI=1S/C20H33N7O3/c1-14(2)8-11-27-19(21-23-24-27)20(25(4)5)9-7-10-26(13-20)18(28)17-16(12-29-6)15(3)30-22-17/h14H,7-13H2,1-6H3. The second-order valence-corrected chi connectivity index (χ2v) is 8.66. The molecule has 1 aliphatic rings. The number of ether oxygens (including phenoxy) is 1. The van der Waals surface area contributed by atoms with Crippen molar-refractivity contribution < 1.29 is 14.1 Å². The monoisotopic (exact) mass is 419 g/mol. The van der Waals surface area contributed by atoms with E-state index in [1.54, 1.807) is 14.0 Å². The molecule has 10 heteroatoms. The summed E-state index contributed by atoms with van der Waals surface area (Å²) in [6.07, 6.45) is 2.70. The third-order valence-electron chi connectivity index (χ3n) is 5.96. The van der Waals surface area contributed by atoms with Gasteiger partial charge >= 0.3 is 0 Å². The van der Waals surface area contributed by atoms with Crippen LogP contribution >= 0.6 is 0 Å². The van der Waals surface area contributed by atoms with E-state index in [2.05, 4.69) is 39.4 Å². The predicted octanol–water partition coefficient (Wildman–Crippen LogP) is 1.86. The van der Waals surface area contributed by atoms with Gasteiger partial charge in [-0.15, -0.1) is 5.10 Å². The highest BCUT2D eigenvalue weighted by Gasteiger charge is 2.45. The largest absolute Gasteiger partial charge is 0.380 e. The molecule has 30 heavy (non-hydrogen) atoms. The molecule has 0 spiro atoms. The van der Waals surface area contributed by atoms with Crippen LogP contribution in [0.15, 0.2) is 4.52 Å². The van der Waals surface area contributed by atoms with Gasteiger partial charge in [-0.05, 0) is 56.6 Å². The Kier molecular flexibility index (Phi) is 6.87. The first-order valence-corrected chi connectivity index (χ1v) is 10.5. The fraction of sp³-hybridized carbons (Fsp3) is 0.750. The molecule has 1 atom stereocenters. The molecule has 1 unspecified atom stereocenters. The lowest BCUT2D eigenvalue weighted by Crippen LogP contribution is -2.56. The Balaban J connectivity index is 1.90. The average molecular weight is 420 g/mol. The second-order valence-electron chi connectivity index (χ2n) is 8.66. The van der Waals surface area contributed by atoms with Crippen LogP contribution < -0.4 is 0 Å². The van der Waals surface area contributed by atoms with Gasteiger partial charge in [0.15, 0.2) is 11.5 Å². The number of tetrazole rings is 1. The maximum Gasteiger partial charge on any atom is 0.276 e. The number of aromatic nitrogens is 5. The molecule has 1 saturated heterocycles. The van der Waals surface area contributed by atoms with Crippen LogP contribution in [0.5, 0.6) is 0 Å². The molecule has 0 bridgehead atoms. The molecule has 1 aliphatic heterocycles.